The monoisotopic (exact) mass is 418 g/mol. The molecule has 4 nitrogen and oxygen atoms in total. The molecule has 1 fully saturated rings. The molecule has 0 aliphatic carbocycles. The van der Waals surface area contributed by atoms with Crippen molar-refractivity contribution in [1.29, 1.82) is 0 Å². The third kappa shape index (κ3) is 4.28. The van der Waals surface area contributed by atoms with Crippen LogP contribution in [0.3, 0.4) is 0 Å². The molecular weight excluding hydrogens is 399 g/mol. The van der Waals surface area contributed by atoms with Gasteiger partial charge in [-0.25, -0.2) is 9.37 Å². The quantitative estimate of drug-likeness (QED) is 0.567. The summed E-state index contributed by atoms with van der Waals surface area (Å²) in [5, 5.41) is 1.81. The number of likely N-dealkylation sites (tertiary alicyclic amines) is 1. The van der Waals surface area contributed by atoms with E-state index in [4.69, 9.17) is 21.3 Å². The van der Waals surface area contributed by atoms with Crippen LogP contribution in [0.2, 0.25) is 5.02 Å². The number of hydrogen-bond acceptors (Lipinski definition) is 4. The summed E-state index contributed by atoms with van der Waals surface area (Å²) in [4.78, 5) is 19.0. The summed E-state index contributed by atoms with van der Waals surface area (Å²) in [5.74, 6) is 0.193. The van der Waals surface area contributed by atoms with Crippen LogP contribution in [0.5, 0.6) is 5.75 Å². The molecule has 0 atom stereocenters. The van der Waals surface area contributed by atoms with E-state index in [0.717, 1.165) is 28.1 Å². The maximum Gasteiger partial charge on any atom is 0.225 e. The van der Waals surface area contributed by atoms with Gasteiger partial charge in [0.2, 0.25) is 5.91 Å². The Balaban J connectivity index is 1.28. The normalized spacial score (nSPS) is 15.1. The smallest absolute Gasteiger partial charge is 0.225 e. The van der Waals surface area contributed by atoms with Crippen LogP contribution in [-0.2, 0) is 4.79 Å². The van der Waals surface area contributed by atoms with E-state index in [1.807, 2.05) is 23.1 Å². The predicted octanol–water partition coefficient (Wildman–Crippen LogP) is 5.26. The molecule has 7 heteroatoms. The predicted molar refractivity (Wildman–Crippen MR) is 110 cm³/mol. The molecule has 1 aromatic heterocycles. The Morgan fingerprint density at radius 3 is 2.82 bits per heavy atom. The number of rotatable bonds is 5. The molecule has 146 valence electrons. The molecule has 2 heterocycles. The zero-order chi connectivity index (χ0) is 19.5. The zero-order valence-electron chi connectivity index (χ0n) is 15.2. The molecule has 3 aromatic rings. The number of ether oxygens (including phenoxy) is 1. The number of carbonyl (C=O) groups is 1. The third-order valence-corrected chi connectivity index (χ3v) is 6.41. The highest BCUT2D eigenvalue weighted by Crippen LogP contribution is 2.34. The topological polar surface area (TPSA) is 42.4 Å². The van der Waals surface area contributed by atoms with Gasteiger partial charge in [-0.15, -0.1) is 11.3 Å². The number of piperidine rings is 1. The van der Waals surface area contributed by atoms with Crippen molar-refractivity contribution in [3.63, 3.8) is 0 Å². The maximum atomic E-state index is 13.5. The number of amides is 1. The van der Waals surface area contributed by atoms with Crippen LogP contribution in [0.15, 0.2) is 42.5 Å². The van der Waals surface area contributed by atoms with Crippen LogP contribution in [0, 0.1) is 5.82 Å². The number of halogens is 2. The van der Waals surface area contributed by atoms with Gasteiger partial charge in [0.05, 0.1) is 28.3 Å². The van der Waals surface area contributed by atoms with Crippen LogP contribution in [-0.4, -0.2) is 35.5 Å². The lowest BCUT2D eigenvalue weighted by atomic mass is 9.97. The van der Waals surface area contributed by atoms with E-state index in [1.54, 1.807) is 29.5 Å². The van der Waals surface area contributed by atoms with Crippen molar-refractivity contribution in [1.82, 2.24) is 9.88 Å². The molecule has 28 heavy (non-hydrogen) atoms. The van der Waals surface area contributed by atoms with Crippen molar-refractivity contribution in [3.05, 3.63) is 58.3 Å². The van der Waals surface area contributed by atoms with Crippen LogP contribution in [0.1, 0.15) is 30.2 Å². The van der Waals surface area contributed by atoms with Crippen molar-refractivity contribution >= 4 is 39.1 Å². The molecule has 0 unspecified atom stereocenters. The molecular formula is C21H20ClFN2O2S. The third-order valence-electron chi connectivity index (χ3n) is 4.97. The summed E-state index contributed by atoms with van der Waals surface area (Å²) >= 11 is 7.75. The number of aromatic nitrogens is 1. The molecule has 0 radical (unpaired) electrons. The van der Waals surface area contributed by atoms with Crippen molar-refractivity contribution in [3.8, 4) is 5.75 Å². The lowest BCUT2D eigenvalue weighted by Gasteiger charge is -2.31. The Morgan fingerprint density at radius 2 is 2.04 bits per heavy atom. The number of carbonyl (C=O) groups excluding carboxylic acids is 1. The van der Waals surface area contributed by atoms with Crippen LogP contribution in [0.4, 0.5) is 4.39 Å². The van der Waals surface area contributed by atoms with E-state index in [1.165, 1.54) is 6.07 Å². The minimum absolute atomic E-state index is 0.0471. The molecule has 4 rings (SSSR count). The van der Waals surface area contributed by atoms with Gasteiger partial charge in [0.15, 0.2) is 11.6 Å². The average molecular weight is 419 g/mol. The summed E-state index contributed by atoms with van der Waals surface area (Å²) in [7, 11) is 0. The number of nitrogens with zero attached hydrogens (tertiary/aromatic N) is 2. The maximum absolute atomic E-state index is 13.5. The van der Waals surface area contributed by atoms with Gasteiger partial charge in [0, 0.05) is 24.0 Å². The van der Waals surface area contributed by atoms with Gasteiger partial charge in [0.1, 0.15) is 0 Å². The van der Waals surface area contributed by atoms with E-state index in [-0.39, 0.29) is 24.7 Å². The molecule has 1 amide bonds. The summed E-state index contributed by atoms with van der Waals surface area (Å²) in [5.41, 5.74) is 0.941. The zero-order valence-corrected chi connectivity index (χ0v) is 16.8. The number of hydrogen-bond donors (Lipinski definition) is 0. The Kier molecular flexibility index (Phi) is 5.78. The second-order valence-electron chi connectivity index (χ2n) is 6.85. The molecule has 1 saturated heterocycles. The SMILES string of the molecule is O=C(CCOc1ccccc1F)N1CCC(c2nc3cc(Cl)ccc3s2)CC1. The van der Waals surface area contributed by atoms with E-state index in [0.29, 0.717) is 24.0 Å². The average Bonchev–Trinajstić information content (AvgIpc) is 3.12. The molecule has 1 aliphatic rings. The number of thiazole rings is 1. The number of para-hydroxylation sites is 1. The van der Waals surface area contributed by atoms with Gasteiger partial charge < -0.3 is 9.64 Å². The molecule has 1 aliphatic heterocycles. The second kappa shape index (κ2) is 8.45. The largest absolute Gasteiger partial charge is 0.490 e. The fourth-order valence-corrected chi connectivity index (χ4v) is 4.72. The van der Waals surface area contributed by atoms with Gasteiger partial charge in [-0.05, 0) is 43.2 Å². The minimum atomic E-state index is -0.409. The van der Waals surface area contributed by atoms with Crippen LogP contribution >= 0.6 is 22.9 Å². The van der Waals surface area contributed by atoms with Gasteiger partial charge in [-0.2, -0.15) is 0 Å². The first kappa shape index (κ1) is 19.2. The van der Waals surface area contributed by atoms with E-state index in [2.05, 4.69) is 0 Å². The Morgan fingerprint density at radius 1 is 1.25 bits per heavy atom. The standard InChI is InChI=1S/C21H20ClFN2O2S/c22-15-5-6-19-17(13-15)24-21(28-19)14-7-10-25(11-8-14)20(26)9-12-27-18-4-2-1-3-16(18)23/h1-6,13-14H,7-12H2. The lowest BCUT2D eigenvalue weighted by molar-refractivity contribution is -0.132. The highest BCUT2D eigenvalue weighted by molar-refractivity contribution is 7.18. The summed E-state index contributed by atoms with van der Waals surface area (Å²) < 4.78 is 20.1. The first-order valence-corrected chi connectivity index (χ1v) is 10.5. The van der Waals surface area contributed by atoms with Crippen LogP contribution in [0.25, 0.3) is 10.2 Å². The first-order chi connectivity index (χ1) is 13.6. The van der Waals surface area contributed by atoms with E-state index in [9.17, 15) is 9.18 Å². The second-order valence-corrected chi connectivity index (χ2v) is 8.35. The summed E-state index contributed by atoms with van der Waals surface area (Å²) in [6.45, 7) is 1.60. The molecule has 0 N–H and O–H groups in total. The Hall–Kier alpha value is -2.18. The van der Waals surface area contributed by atoms with Crippen LogP contribution < -0.4 is 4.74 Å². The van der Waals surface area contributed by atoms with Gasteiger partial charge >= 0.3 is 0 Å². The van der Waals surface area contributed by atoms with Crippen molar-refractivity contribution in [2.75, 3.05) is 19.7 Å². The van der Waals surface area contributed by atoms with Gasteiger partial charge in [-0.3, -0.25) is 4.79 Å². The molecule has 0 saturated carbocycles. The van der Waals surface area contributed by atoms with Crippen molar-refractivity contribution < 1.29 is 13.9 Å². The van der Waals surface area contributed by atoms with Crippen molar-refractivity contribution in [2.45, 2.75) is 25.2 Å². The molecule has 0 spiro atoms. The van der Waals surface area contributed by atoms with Gasteiger partial charge in [0.25, 0.3) is 0 Å². The van der Waals surface area contributed by atoms with E-state index < -0.39 is 5.82 Å². The molecule has 0 bridgehead atoms. The fraction of sp³-hybridized carbons (Fsp3) is 0.333. The summed E-state index contributed by atoms with van der Waals surface area (Å²) in [6, 6.07) is 12.0. The number of fused-ring (bicyclic) bond motifs is 1. The fourth-order valence-electron chi connectivity index (χ4n) is 3.44. The highest BCUT2D eigenvalue weighted by atomic mass is 35.5. The first-order valence-electron chi connectivity index (χ1n) is 9.31. The number of benzene rings is 2. The minimum Gasteiger partial charge on any atom is -0.490 e. The van der Waals surface area contributed by atoms with E-state index >= 15 is 0 Å². The Bertz CT molecular complexity index is 985. The summed E-state index contributed by atoms with van der Waals surface area (Å²) in [6.07, 6.45) is 2.04. The highest BCUT2D eigenvalue weighted by Gasteiger charge is 2.25. The lowest BCUT2D eigenvalue weighted by Crippen LogP contribution is -2.38. The van der Waals surface area contributed by atoms with Gasteiger partial charge in [-0.1, -0.05) is 23.7 Å². The van der Waals surface area contributed by atoms with Crippen molar-refractivity contribution in [2.24, 2.45) is 0 Å². The molecule has 2 aromatic carbocycles. The Labute approximate surface area is 171 Å².